The molecule has 0 bridgehead atoms. The number of carbonyl (C=O) groups is 1. The lowest BCUT2D eigenvalue weighted by Crippen LogP contribution is -2.47. The molecule has 2 aliphatic rings. The molecule has 4 rings (SSSR count). The predicted octanol–water partition coefficient (Wildman–Crippen LogP) is 1.89. The van der Waals surface area contributed by atoms with Crippen molar-refractivity contribution in [1.82, 2.24) is 19.9 Å². The third-order valence-electron chi connectivity index (χ3n) is 5.16. The van der Waals surface area contributed by atoms with Crippen LogP contribution >= 0.6 is 0 Å². The van der Waals surface area contributed by atoms with Crippen molar-refractivity contribution in [2.75, 3.05) is 24.5 Å². The van der Waals surface area contributed by atoms with Gasteiger partial charge in [0.2, 0.25) is 5.91 Å². The van der Waals surface area contributed by atoms with Gasteiger partial charge in [0.15, 0.2) is 0 Å². The first-order valence-electron chi connectivity index (χ1n) is 8.45. The van der Waals surface area contributed by atoms with E-state index in [9.17, 15) is 4.79 Å². The summed E-state index contributed by atoms with van der Waals surface area (Å²) in [4.78, 5) is 29.6. The lowest BCUT2D eigenvalue weighted by molar-refractivity contribution is -0.128. The Labute approximate surface area is 141 Å². The van der Waals surface area contributed by atoms with E-state index in [1.54, 1.807) is 18.6 Å². The van der Waals surface area contributed by atoms with E-state index in [1.807, 2.05) is 17.2 Å². The van der Waals surface area contributed by atoms with Gasteiger partial charge in [-0.3, -0.25) is 14.7 Å². The molecule has 0 aliphatic carbocycles. The topological polar surface area (TPSA) is 62.2 Å². The first-order valence-corrected chi connectivity index (χ1v) is 8.45. The van der Waals surface area contributed by atoms with Gasteiger partial charge in [0.1, 0.15) is 6.33 Å². The number of piperidine rings is 1. The molecule has 1 atom stereocenters. The van der Waals surface area contributed by atoms with Gasteiger partial charge in [-0.25, -0.2) is 9.97 Å². The van der Waals surface area contributed by atoms with E-state index >= 15 is 0 Å². The highest BCUT2D eigenvalue weighted by molar-refractivity contribution is 5.99. The molecule has 0 unspecified atom stereocenters. The SMILES string of the molecule is O=C1N(c2cncnc2)CC[C@]12CCCN(Cc1cccnc1)C2. The lowest BCUT2D eigenvalue weighted by Gasteiger charge is -2.39. The number of amides is 1. The fourth-order valence-corrected chi connectivity index (χ4v) is 3.99. The van der Waals surface area contributed by atoms with Crippen LogP contribution in [0.5, 0.6) is 0 Å². The fourth-order valence-electron chi connectivity index (χ4n) is 3.99. The molecule has 2 aliphatic heterocycles. The van der Waals surface area contributed by atoms with Gasteiger partial charge in [0, 0.05) is 32.0 Å². The summed E-state index contributed by atoms with van der Waals surface area (Å²) in [6, 6.07) is 4.06. The second-order valence-electron chi connectivity index (χ2n) is 6.76. The average molecular weight is 323 g/mol. The minimum absolute atomic E-state index is 0.230. The van der Waals surface area contributed by atoms with E-state index in [-0.39, 0.29) is 11.3 Å². The van der Waals surface area contributed by atoms with Crippen molar-refractivity contribution >= 4 is 11.6 Å². The Morgan fingerprint density at radius 3 is 2.75 bits per heavy atom. The summed E-state index contributed by atoms with van der Waals surface area (Å²) in [7, 11) is 0. The number of pyridine rings is 1. The number of rotatable bonds is 3. The van der Waals surface area contributed by atoms with Crippen LogP contribution in [0.15, 0.2) is 43.2 Å². The number of aromatic nitrogens is 3. The third-order valence-corrected chi connectivity index (χ3v) is 5.16. The Morgan fingerprint density at radius 2 is 1.96 bits per heavy atom. The lowest BCUT2D eigenvalue weighted by atomic mass is 9.78. The fraction of sp³-hybridized carbons (Fsp3) is 0.444. The second kappa shape index (κ2) is 6.28. The smallest absolute Gasteiger partial charge is 0.234 e. The van der Waals surface area contributed by atoms with Crippen LogP contribution in [-0.4, -0.2) is 45.4 Å². The summed E-state index contributed by atoms with van der Waals surface area (Å²) < 4.78 is 0. The zero-order valence-corrected chi connectivity index (χ0v) is 13.6. The van der Waals surface area contributed by atoms with Crippen molar-refractivity contribution in [3.05, 3.63) is 48.8 Å². The van der Waals surface area contributed by atoms with Crippen molar-refractivity contribution < 1.29 is 4.79 Å². The van der Waals surface area contributed by atoms with Crippen LogP contribution in [-0.2, 0) is 11.3 Å². The van der Waals surface area contributed by atoms with Gasteiger partial charge in [-0.05, 0) is 37.4 Å². The van der Waals surface area contributed by atoms with Gasteiger partial charge < -0.3 is 4.90 Å². The molecule has 2 fully saturated rings. The quantitative estimate of drug-likeness (QED) is 0.863. The van der Waals surface area contributed by atoms with Crippen LogP contribution in [0, 0.1) is 5.41 Å². The number of hydrogen-bond acceptors (Lipinski definition) is 5. The molecule has 2 aromatic rings. The maximum absolute atomic E-state index is 13.1. The van der Waals surface area contributed by atoms with E-state index in [0.717, 1.165) is 51.1 Å². The Bertz CT molecular complexity index is 708. The van der Waals surface area contributed by atoms with E-state index < -0.39 is 0 Å². The Balaban J connectivity index is 1.50. The Kier molecular flexibility index (Phi) is 3.98. The van der Waals surface area contributed by atoms with Gasteiger partial charge in [-0.1, -0.05) is 6.07 Å². The molecule has 2 saturated heterocycles. The van der Waals surface area contributed by atoms with E-state index in [0.29, 0.717) is 0 Å². The molecule has 1 spiro atoms. The molecule has 6 nitrogen and oxygen atoms in total. The summed E-state index contributed by atoms with van der Waals surface area (Å²) in [5.74, 6) is 0.230. The molecular weight excluding hydrogens is 302 g/mol. The van der Waals surface area contributed by atoms with Gasteiger partial charge in [-0.2, -0.15) is 0 Å². The Hall–Kier alpha value is -2.34. The second-order valence-corrected chi connectivity index (χ2v) is 6.76. The molecule has 0 radical (unpaired) electrons. The van der Waals surface area contributed by atoms with Gasteiger partial charge in [0.05, 0.1) is 23.5 Å². The zero-order chi connectivity index (χ0) is 16.4. The Morgan fingerprint density at radius 1 is 1.08 bits per heavy atom. The molecule has 2 aromatic heterocycles. The van der Waals surface area contributed by atoms with E-state index in [2.05, 4.69) is 25.9 Å². The molecule has 6 heteroatoms. The molecule has 0 aromatic carbocycles. The van der Waals surface area contributed by atoms with E-state index in [4.69, 9.17) is 0 Å². The number of nitrogens with zero attached hydrogens (tertiary/aromatic N) is 5. The summed E-state index contributed by atoms with van der Waals surface area (Å²) >= 11 is 0. The van der Waals surface area contributed by atoms with Gasteiger partial charge >= 0.3 is 0 Å². The highest BCUT2D eigenvalue weighted by Gasteiger charge is 2.49. The number of likely N-dealkylation sites (tertiary alicyclic amines) is 1. The maximum atomic E-state index is 13.1. The predicted molar refractivity (Wildman–Crippen MR) is 90.2 cm³/mol. The minimum atomic E-state index is -0.254. The normalized spacial score (nSPS) is 24.7. The molecular formula is C18H21N5O. The first kappa shape index (κ1) is 15.2. The number of hydrogen-bond donors (Lipinski definition) is 0. The average Bonchev–Trinajstić information content (AvgIpc) is 2.93. The molecule has 124 valence electrons. The highest BCUT2D eigenvalue weighted by atomic mass is 16.2. The molecule has 0 N–H and O–H groups in total. The number of carbonyl (C=O) groups excluding carboxylic acids is 1. The highest BCUT2D eigenvalue weighted by Crippen LogP contribution is 2.41. The van der Waals surface area contributed by atoms with Crippen molar-refractivity contribution in [3.8, 4) is 0 Å². The summed E-state index contributed by atoms with van der Waals surface area (Å²) in [6.45, 7) is 3.48. The van der Waals surface area contributed by atoms with E-state index in [1.165, 1.54) is 11.9 Å². The van der Waals surface area contributed by atoms with Crippen LogP contribution in [0.25, 0.3) is 0 Å². The van der Waals surface area contributed by atoms with Crippen molar-refractivity contribution in [2.45, 2.75) is 25.8 Å². The standard InChI is InChI=1S/C18H21N5O/c24-17-18(5-8-23(17)16-10-20-14-21-11-16)4-2-7-22(13-18)12-15-3-1-6-19-9-15/h1,3,6,9-11,14H,2,4-5,7-8,12-13H2/t18-/m0/s1. The minimum Gasteiger partial charge on any atom is -0.309 e. The molecule has 1 amide bonds. The largest absolute Gasteiger partial charge is 0.309 e. The molecule has 24 heavy (non-hydrogen) atoms. The van der Waals surface area contributed by atoms with Crippen LogP contribution in [0.1, 0.15) is 24.8 Å². The van der Waals surface area contributed by atoms with Crippen molar-refractivity contribution in [3.63, 3.8) is 0 Å². The maximum Gasteiger partial charge on any atom is 0.234 e. The van der Waals surface area contributed by atoms with Crippen LogP contribution in [0.2, 0.25) is 0 Å². The third kappa shape index (κ3) is 2.78. The summed E-state index contributed by atoms with van der Waals surface area (Å²) in [6.07, 6.45) is 11.6. The zero-order valence-electron chi connectivity index (χ0n) is 13.6. The van der Waals surface area contributed by atoms with Crippen LogP contribution in [0.3, 0.4) is 0 Å². The number of anilines is 1. The van der Waals surface area contributed by atoms with Crippen LogP contribution in [0.4, 0.5) is 5.69 Å². The summed E-state index contributed by atoms with van der Waals surface area (Å²) in [5, 5.41) is 0. The van der Waals surface area contributed by atoms with Crippen molar-refractivity contribution in [2.24, 2.45) is 5.41 Å². The monoisotopic (exact) mass is 323 g/mol. The molecule has 0 saturated carbocycles. The summed E-state index contributed by atoms with van der Waals surface area (Å²) in [5.41, 5.74) is 1.76. The first-order chi connectivity index (χ1) is 11.8. The van der Waals surface area contributed by atoms with Crippen LogP contribution < -0.4 is 4.90 Å². The molecule has 4 heterocycles. The van der Waals surface area contributed by atoms with Gasteiger partial charge in [0.25, 0.3) is 0 Å². The van der Waals surface area contributed by atoms with Crippen molar-refractivity contribution in [1.29, 1.82) is 0 Å². The van der Waals surface area contributed by atoms with Gasteiger partial charge in [-0.15, -0.1) is 0 Å².